The van der Waals surface area contributed by atoms with Crippen molar-refractivity contribution in [3.63, 3.8) is 0 Å². The van der Waals surface area contributed by atoms with Crippen LogP contribution in [0.15, 0.2) is 47.1 Å². The van der Waals surface area contributed by atoms with Gasteiger partial charge in [0.05, 0.1) is 11.1 Å². The van der Waals surface area contributed by atoms with Gasteiger partial charge in [-0.25, -0.2) is 9.97 Å². The minimum atomic E-state index is -0.492. The molecule has 1 saturated heterocycles. The first-order valence-electron chi connectivity index (χ1n) is 9.14. The molecule has 2 N–H and O–H groups in total. The third kappa shape index (κ3) is 3.74. The van der Waals surface area contributed by atoms with E-state index in [0.717, 1.165) is 39.2 Å². The third-order valence-electron chi connectivity index (χ3n) is 4.90. The van der Waals surface area contributed by atoms with Gasteiger partial charge in [0, 0.05) is 17.5 Å². The number of thiophene rings is 1. The molecule has 144 valence electrons. The van der Waals surface area contributed by atoms with Gasteiger partial charge in [-0.3, -0.25) is 9.59 Å². The summed E-state index contributed by atoms with van der Waals surface area (Å²) in [6.45, 7) is 0.583. The van der Waals surface area contributed by atoms with Gasteiger partial charge < -0.3 is 10.6 Å². The molecule has 4 rings (SSSR count). The second-order valence-electron chi connectivity index (χ2n) is 6.66. The van der Waals surface area contributed by atoms with Gasteiger partial charge in [0.1, 0.15) is 22.2 Å². The molecule has 1 aliphatic rings. The summed E-state index contributed by atoms with van der Waals surface area (Å²) in [7, 11) is 0. The lowest BCUT2D eigenvalue weighted by Crippen LogP contribution is -2.51. The number of rotatable bonds is 5. The standard InChI is InChI=1S/C20H20N4O2S2/c21-18(26)15-8-4-5-9-24(15)16(25)11-28-20-17-14(13-6-2-1-3-7-13)10-27-19(17)22-12-23-20/h1-3,6-7,10,12,15H,4-5,8-9,11H2,(H2,21,26)/t15-/m1/s1. The molecule has 3 heterocycles. The van der Waals surface area contributed by atoms with Crippen LogP contribution in [-0.2, 0) is 9.59 Å². The van der Waals surface area contributed by atoms with E-state index in [1.165, 1.54) is 18.1 Å². The molecule has 8 heteroatoms. The first-order chi connectivity index (χ1) is 13.6. The van der Waals surface area contributed by atoms with Crippen LogP contribution in [0, 0.1) is 0 Å². The molecular formula is C20H20N4O2S2. The minimum absolute atomic E-state index is 0.0725. The summed E-state index contributed by atoms with van der Waals surface area (Å²) >= 11 is 2.96. The number of piperidine rings is 1. The molecule has 0 radical (unpaired) electrons. The van der Waals surface area contributed by atoms with Gasteiger partial charge in [0.2, 0.25) is 11.8 Å². The van der Waals surface area contributed by atoms with E-state index in [-0.39, 0.29) is 11.7 Å². The number of thioether (sulfide) groups is 1. The van der Waals surface area contributed by atoms with E-state index in [9.17, 15) is 9.59 Å². The second-order valence-corrected chi connectivity index (χ2v) is 8.49. The van der Waals surface area contributed by atoms with Crippen molar-refractivity contribution in [2.45, 2.75) is 30.3 Å². The zero-order chi connectivity index (χ0) is 19.5. The Labute approximate surface area is 171 Å². The average Bonchev–Trinajstić information content (AvgIpc) is 3.17. The highest BCUT2D eigenvalue weighted by atomic mass is 32.2. The quantitative estimate of drug-likeness (QED) is 0.513. The third-order valence-corrected chi connectivity index (χ3v) is 6.76. The fourth-order valence-electron chi connectivity index (χ4n) is 3.53. The van der Waals surface area contributed by atoms with Crippen molar-refractivity contribution in [1.29, 1.82) is 0 Å². The van der Waals surface area contributed by atoms with E-state index in [1.807, 2.05) is 18.2 Å². The Morgan fingerprint density at radius 1 is 1.21 bits per heavy atom. The lowest BCUT2D eigenvalue weighted by atomic mass is 10.0. The number of carbonyl (C=O) groups is 2. The van der Waals surface area contributed by atoms with E-state index < -0.39 is 11.9 Å². The molecule has 6 nitrogen and oxygen atoms in total. The number of amides is 2. The van der Waals surface area contributed by atoms with Crippen molar-refractivity contribution < 1.29 is 9.59 Å². The largest absolute Gasteiger partial charge is 0.368 e. The zero-order valence-corrected chi connectivity index (χ0v) is 16.8. The first-order valence-corrected chi connectivity index (χ1v) is 11.0. The lowest BCUT2D eigenvalue weighted by Gasteiger charge is -2.33. The summed E-state index contributed by atoms with van der Waals surface area (Å²) in [6, 6.07) is 9.60. The molecule has 28 heavy (non-hydrogen) atoms. The summed E-state index contributed by atoms with van der Waals surface area (Å²) in [5.74, 6) is -0.275. The first kappa shape index (κ1) is 18.9. The number of carbonyl (C=O) groups excluding carboxylic acids is 2. The van der Waals surface area contributed by atoms with Gasteiger partial charge in [-0.15, -0.1) is 11.3 Å². The number of nitrogens with two attached hydrogens (primary N) is 1. The predicted molar refractivity (Wildman–Crippen MR) is 112 cm³/mol. The van der Waals surface area contributed by atoms with Crippen molar-refractivity contribution in [3.8, 4) is 11.1 Å². The fraction of sp³-hybridized carbons (Fsp3) is 0.300. The van der Waals surface area contributed by atoms with Crippen LogP contribution in [0.2, 0.25) is 0 Å². The molecule has 0 unspecified atom stereocenters. The molecule has 2 aromatic heterocycles. The number of nitrogens with zero attached hydrogens (tertiary/aromatic N) is 3. The monoisotopic (exact) mass is 412 g/mol. The van der Waals surface area contributed by atoms with Crippen molar-refractivity contribution in [2.24, 2.45) is 5.73 Å². The molecule has 3 aromatic rings. The highest BCUT2D eigenvalue weighted by Crippen LogP contribution is 2.37. The molecule has 1 aliphatic heterocycles. The Bertz CT molecular complexity index is 1010. The van der Waals surface area contributed by atoms with E-state index >= 15 is 0 Å². The molecular weight excluding hydrogens is 392 g/mol. The van der Waals surface area contributed by atoms with Gasteiger partial charge in [-0.2, -0.15) is 0 Å². The molecule has 0 saturated carbocycles. The molecule has 1 atom stereocenters. The van der Waals surface area contributed by atoms with Crippen LogP contribution in [0.3, 0.4) is 0 Å². The Kier molecular flexibility index (Phi) is 5.59. The Morgan fingerprint density at radius 3 is 2.82 bits per heavy atom. The van der Waals surface area contributed by atoms with Gasteiger partial charge in [-0.05, 0) is 24.8 Å². The number of hydrogen-bond acceptors (Lipinski definition) is 6. The van der Waals surface area contributed by atoms with Crippen LogP contribution in [0.25, 0.3) is 21.3 Å². The highest BCUT2D eigenvalue weighted by molar-refractivity contribution is 8.00. The van der Waals surface area contributed by atoms with Crippen molar-refractivity contribution in [2.75, 3.05) is 12.3 Å². The molecule has 0 bridgehead atoms. The van der Waals surface area contributed by atoms with Crippen molar-refractivity contribution in [3.05, 3.63) is 42.0 Å². The van der Waals surface area contributed by atoms with Crippen molar-refractivity contribution in [1.82, 2.24) is 14.9 Å². The smallest absolute Gasteiger partial charge is 0.240 e. The van der Waals surface area contributed by atoms with E-state index in [1.54, 1.807) is 16.2 Å². The van der Waals surface area contributed by atoms with E-state index in [2.05, 4.69) is 27.5 Å². The van der Waals surface area contributed by atoms with Crippen LogP contribution in [0.4, 0.5) is 0 Å². The summed E-state index contributed by atoms with van der Waals surface area (Å²) in [5.41, 5.74) is 7.66. The van der Waals surface area contributed by atoms with E-state index in [4.69, 9.17) is 5.73 Å². The Hall–Kier alpha value is -2.45. The predicted octanol–water partition coefficient (Wildman–Crippen LogP) is 3.32. The van der Waals surface area contributed by atoms with Crippen LogP contribution < -0.4 is 5.73 Å². The topological polar surface area (TPSA) is 89.2 Å². The maximum atomic E-state index is 12.8. The van der Waals surface area contributed by atoms with Crippen molar-refractivity contribution >= 4 is 45.1 Å². The summed E-state index contributed by atoms with van der Waals surface area (Å²) in [5, 5.41) is 3.83. The normalized spacial score (nSPS) is 17.0. The number of likely N-dealkylation sites (tertiary alicyclic amines) is 1. The zero-order valence-electron chi connectivity index (χ0n) is 15.2. The maximum absolute atomic E-state index is 12.8. The van der Waals surface area contributed by atoms with Gasteiger partial charge in [-0.1, -0.05) is 42.1 Å². The highest BCUT2D eigenvalue weighted by Gasteiger charge is 2.30. The Balaban J connectivity index is 1.57. The lowest BCUT2D eigenvalue weighted by molar-refractivity contribution is -0.138. The van der Waals surface area contributed by atoms with Gasteiger partial charge in [0.15, 0.2) is 0 Å². The van der Waals surface area contributed by atoms with Gasteiger partial charge >= 0.3 is 0 Å². The van der Waals surface area contributed by atoms with Crippen LogP contribution >= 0.6 is 23.1 Å². The number of fused-ring (bicyclic) bond motifs is 1. The SMILES string of the molecule is NC(=O)[C@H]1CCCCN1C(=O)CSc1ncnc2scc(-c3ccccc3)c12. The number of hydrogen-bond donors (Lipinski definition) is 1. The number of aromatic nitrogens is 2. The second kappa shape index (κ2) is 8.28. The number of primary amides is 1. The molecule has 1 aromatic carbocycles. The van der Waals surface area contributed by atoms with Crippen LogP contribution in [0.1, 0.15) is 19.3 Å². The molecule has 2 amide bonds. The minimum Gasteiger partial charge on any atom is -0.368 e. The number of benzene rings is 1. The summed E-state index contributed by atoms with van der Waals surface area (Å²) in [4.78, 5) is 35.8. The fourth-order valence-corrected chi connectivity index (χ4v) is 5.41. The summed E-state index contributed by atoms with van der Waals surface area (Å²) < 4.78 is 0. The van der Waals surface area contributed by atoms with Crippen LogP contribution in [-0.4, -0.2) is 45.0 Å². The molecule has 0 spiro atoms. The summed E-state index contributed by atoms with van der Waals surface area (Å²) in [6.07, 6.45) is 4.01. The Morgan fingerprint density at radius 2 is 2.04 bits per heavy atom. The van der Waals surface area contributed by atoms with Crippen LogP contribution in [0.5, 0.6) is 0 Å². The van der Waals surface area contributed by atoms with E-state index in [0.29, 0.717) is 13.0 Å². The molecule has 0 aliphatic carbocycles. The molecule has 1 fully saturated rings. The maximum Gasteiger partial charge on any atom is 0.240 e. The average molecular weight is 413 g/mol. The van der Waals surface area contributed by atoms with Gasteiger partial charge in [0.25, 0.3) is 0 Å².